The summed E-state index contributed by atoms with van der Waals surface area (Å²) in [7, 11) is 0. The number of hydrogen-bond donors (Lipinski definition) is 2. The summed E-state index contributed by atoms with van der Waals surface area (Å²) in [6, 6.07) is 11.9. The first-order valence-corrected chi connectivity index (χ1v) is 12.4. The zero-order chi connectivity index (χ0) is 22.3. The number of piperidine rings is 1. The monoisotopic (exact) mass is 498 g/mol. The number of nitrogens with one attached hydrogen (secondary N) is 2. The van der Waals surface area contributed by atoms with Crippen LogP contribution in [0.4, 0.5) is 5.69 Å². The minimum atomic E-state index is -0.237. The molecule has 1 saturated heterocycles. The van der Waals surface area contributed by atoms with Gasteiger partial charge in [-0.1, -0.05) is 31.4 Å². The number of pyridine rings is 1. The van der Waals surface area contributed by atoms with Gasteiger partial charge < -0.3 is 10.6 Å². The van der Waals surface area contributed by atoms with Gasteiger partial charge in [0.2, 0.25) is 5.91 Å². The van der Waals surface area contributed by atoms with Crippen molar-refractivity contribution in [2.75, 3.05) is 18.4 Å². The second-order valence-electron chi connectivity index (χ2n) is 8.88. The van der Waals surface area contributed by atoms with E-state index in [0.717, 1.165) is 56.6 Å². The summed E-state index contributed by atoms with van der Waals surface area (Å²) in [6.07, 6.45) is 9.46. The van der Waals surface area contributed by atoms with Crippen molar-refractivity contribution in [3.63, 3.8) is 0 Å². The molecule has 0 bridgehead atoms. The van der Waals surface area contributed by atoms with Crippen LogP contribution in [0.3, 0.4) is 0 Å². The molecule has 0 unspecified atom stereocenters. The lowest BCUT2D eigenvalue weighted by atomic mass is 9.92. The van der Waals surface area contributed by atoms with Crippen molar-refractivity contribution in [3.8, 4) is 0 Å². The van der Waals surface area contributed by atoms with Gasteiger partial charge in [-0.3, -0.25) is 14.5 Å². The Morgan fingerprint density at radius 3 is 2.56 bits per heavy atom. The molecule has 1 aliphatic heterocycles. The third-order valence-electron chi connectivity index (χ3n) is 6.47. The second kappa shape index (κ2) is 11.1. The Bertz CT molecular complexity index is 937. The van der Waals surface area contributed by atoms with Crippen LogP contribution in [0.1, 0.15) is 61.0 Å². The first-order valence-electron chi connectivity index (χ1n) is 11.6. The van der Waals surface area contributed by atoms with Crippen molar-refractivity contribution < 1.29 is 9.59 Å². The summed E-state index contributed by atoms with van der Waals surface area (Å²) >= 11 is 3.37. The molecule has 4 rings (SSSR count). The van der Waals surface area contributed by atoms with Gasteiger partial charge in [0.25, 0.3) is 5.91 Å². The number of nitrogens with zero attached hydrogens (tertiary/aromatic N) is 2. The summed E-state index contributed by atoms with van der Waals surface area (Å²) in [4.78, 5) is 31.7. The van der Waals surface area contributed by atoms with Gasteiger partial charge in [-0.05, 0) is 84.5 Å². The maximum Gasteiger partial charge on any atom is 0.275 e. The van der Waals surface area contributed by atoms with E-state index in [9.17, 15) is 9.59 Å². The lowest BCUT2D eigenvalue weighted by Crippen LogP contribution is -2.44. The van der Waals surface area contributed by atoms with Gasteiger partial charge in [-0.15, -0.1) is 0 Å². The highest BCUT2D eigenvalue weighted by atomic mass is 79.9. The number of halogens is 1. The van der Waals surface area contributed by atoms with Gasteiger partial charge >= 0.3 is 0 Å². The quantitative estimate of drug-likeness (QED) is 0.601. The maximum absolute atomic E-state index is 12.6. The number of carbonyl (C=O) groups excluding carboxylic acids is 2. The fourth-order valence-corrected chi connectivity index (χ4v) is 5.10. The predicted octanol–water partition coefficient (Wildman–Crippen LogP) is 4.76. The van der Waals surface area contributed by atoms with E-state index in [1.165, 1.54) is 19.3 Å². The van der Waals surface area contributed by atoms with Crippen LogP contribution in [-0.2, 0) is 11.3 Å². The Morgan fingerprint density at radius 2 is 1.81 bits per heavy atom. The molecule has 2 heterocycles. The van der Waals surface area contributed by atoms with Crippen molar-refractivity contribution in [2.24, 2.45) is 5.92 Å². The summed E-state index contributed by atoms with van der Waals surface area (Å²) in [5.41, 5.74) is 2.27. The van der Waals surface area contributed by atoms with Crippen molar-refractivity contribution in [2.45, 2.75) is 57.5 Å². The predicted molar refractivity (Wildman–Crippen MR) is 129 cm³/mol. The molecule has 2 fully saturated rings. The highest BCUT2D eigenvalue weighted by Crippen LogP contribution is 2.23. The fourth-order valence-electron chi connectivity index (χ4n) is 4.67. The third-order valence-corrected chi connectivity index (χ3v) is 7.11. The Labute approximate surface area is 198 Å². The zero-order valence-electron chi connectivity index (χ0n) is 18.4. The van der Waals surface area contributed by atoms with Crippen molar-refractivity contribution in [1.82, 2.24) is 15.2 Å². The first kappa shape index (κ1) is 22.9. The standard InChI is InChI=1S/C25H31BrN4O2/c26-22-10-5-13-27-23(22)25(32)29-21-9-4-6-18(16-21)17-30-14-11-19(12-15-30)24(31)28-20-7-2-1-3-8-20/h4-6,9-10,13,16,19-20H,1-3,7-8,11-12,14-15,17H2,(H,28,31)(H,29,32). The number of rotatable bonds is 6. The van der Waals surface area contributed by atoms with Crippen molar-refractivity contribution in [3.05, 3.63) is 58.3 Å². The van der Waals surface area contributed by atoms with Gasteiger partial charge in [0.05, 0.1) is 0 Å². The molecule has 0 radical (unpaired) electrons. The van der Waals surface area contributed by atoms with Crippen LogP contribution in [0.15, 0.2) is 47.1 Å². The maximum atomic E-state index is 12.6. The number of benzene rings is 1. The molecule has 6 nitrogen and oxygen atoms in total. The first-order chi connectivity index (χ1) is 15.6. The molecular formula is C25H31BrN4O2. The summed E-state index contributed by atoms with van der Waals surface area (Å²) in [5, 5.41) is 6.22. The minimum Gasteiger partial charge on any atom is -0.353 e. The second-order valence-corrected chi connectivity index (χ2v) is 9.74. The van der Waals surface area contributed by atoms with E-state index in [1.807, 2.05) is 18.2 Å². The summed E-state index contributed by atoms with van der Waals surface area (Å²) in [6.45, 7) is 2.65. The lowest BCUT2D eigenvalue weighted by Gasteiger charge is -2.32. The Balaban J connectivity index is 1.27. The molecule has 2 aliphatic rings. The Hall–Kier alpha value is -2.25. The number of hydrogen-bond acceptors (Lipinski definition) is 4. The third kappa shape index (κ3) is 6.17. The van der Waals surface area contributed by atoms with Crippen LogP contribution in [0.5, 0.6) is 0 Å². The molecule has 0 atom stereocenters. The fraction of sp³-hybridized carbons (Fsp3) is 0.480. The molecule has 2 aromatic rings. The average molecular weight is 499 g/mol. The molecule has 1 saturated carbocycles. The van der Waals surface area contributed by atoms with E-state index < -0.39 is 0 Å². The van der Waals surface area contributed by atoms with Crippen LogP contribution in [0.25, 0.3) is 0 Å². The average Bonchev–Trinajstić information content (AvgIpc) is 2.81. The van der Waals surface area contributed by atoms with E-state index in [-0.39, 0.29) is 17.7 Å². The van der Waals surface area contributed by atoms with Gasteiger partial charge in [-0.25, -0.2) is 4.98 Å². The largest absolute Gasteiger partial charge is 0.353 e. The molecule has 1 aromatic heterocycles. The van der Waals surface area contributed by atoms with Gasteiger partial charge in [0.1, 0.15) is 5.69 Å². The molecule has 32 heavy (non-hydrogen) atoms. The van der Waals surface area contributed by atoms with Gasteiger partial charge in [-0.2, -0.15) is 0 Å². The summed E-state index contributed by atoms with van der Waals surface area (Å²) in [5.74, 6) is 0.150. The van der Waals surface area contributed by atoms with Crippen molar-refractivity contribution >= 4 is 33.4 Å². The van der Waals surface area contributed by atoms with E-state index in [0.29, 0.717) is 16.2 Å². The molecule has 7 heteroatoms. The Morgan fingerprint density at radius 1 is 1.03 bits per heavy atom. The smallest absolute Gasteiger partial charge is 0.275 e. The van der Waals surface area contributed by atoms with Gasteiger partial charge in [0, 0.05) is 34.9 Å². The minimum absolute atomic E-state index is 0.135. The van der Waals surface area contributed by atoms with E-state index in [4.69, 9.17) is 0 Å². The molecule has 2 amide bonds. The molecule has 0 spiro atoms. The SMILES string of the molecule is O=C(Nc1cccc(CN2CCC(C(=O)NC3CCCCC3)CC2)c1)c1ncccc1Br. The van der Waals surface area contributed by atoms with E-state index in [2.05, 4.69) is 42.5 Å². The number of likely N-dealkylation sites (tertiary alicyclic amines) is 1. The van der Waals surface area contributed by atoms with E-state index >= 15 is 0 Å². The van der Waals surface area contributed by atoms with Crippen LogP contribution in [0, 0.1) is 5.92 Å². The summed E-state index contributed by atoms with van der Waals surface area (Å²) < 4.78 is 0.670. The number of anilines is 1. The van der Waals surface area contributed by atoms with Crippen LogP contribution in [0.2, 0.25) is 0 Å². The van der Waals surface area contributed by atoms with Gasteiger partial charge in [0.15, 0.2) is 0 Å². The number of aromatic nitrogens is 1. The number of carbonyl (C=O) groups is 2. The lowest BCUT2D eigenvalue weighted by molar-refractivity contribution is -0.127. The molecule has 1 aromatic carbocycles. The molecule has 170 valence electrons. The highest BCUT2D eigenvalue weighted by molar-refractivity contribution is 9.10. The van der Waals surface area contributed by atoms with Crippen LogP contribution >= 0.6 is 15.9 Å². The topological polar surface area (TPSA) is 74.3 Å². The van der Waals surface area contributed by atoms with Crippen LogP contribution in [-0.4, -0.2) is 40.8 Å². The molecule has 1 aliphatic carbocycles. The molecular weight excluding hydrogens is 468 g/mol. The Kier molecular flexibility index (Phi) is 7.92. The van der Waals surface area contributed by atoms with Crippen molar-refractivity contribution in [1.29, 1.82) is 0 Å². The van der Waals surface area contributed by atoms with E-state index in [1.54, 1.807) is 18.3 Å². The normalized spacial score (nSPS) is 18.3. The highest BCUT2D eigenvalue weighted by Gasteiger charge is 2.27. The molecule has 2 N–H and O–H groups in total. The number of amides is 2. The van der Waals surface area contributed by atoms with Crippen LogP contribution < -0.4 is 10.6 Å². The zero-order valence-corrected chi connectivity index (χ0v) is 19.9.